The summed E-state index contributed by atoms with van der Waals surface area (Å²) < 4.78 is 13.0. The summed E-state index contributed by atoms with van der Waals surface area (Å²) in [6, 6.07) is 12.0. The van der Waals surface area contributed by atoms with Gasteiger partial charge in [0.1, 0.15) is 12.4 Å². The number of anilines is 1. The Hall–Kier alpha value is -1.62. The first kappa shape index (κ1) is 17.2. The van der Waals surface area contributed by atoms with Crippen LogP contribution in [-0.4, -0.2) is 18.5 Å². The molecule has 1 unspecified atom stereocenters. The highest BCUT2D eigenvalue weighted by atomic mass is 35.5. The van der Waals surface area contributed by atoms with Crippen molar-refractivity contribution in [1.82, 2.24) is 0 Å². The van der Waals surface area contributed by atoms with Crippen LogP contribution in [0.4, 0.5) is 10.1 Å². The van der Waals surface area contributed by atoms with Crippen LogP contribution in [-0.2, 0) is 11.3 Å². The van der Waals surface area contributed by atoms with Gasteiger partial charge in [-0.25, -0.2) is 4.39 Å². The number of nitrogens with one attached hydrogen (secondary N) is 2. The first-order valence-electron chi connectivity index (χ1n) is 7.86. The number of quaternary nitrogens is 1. The van der Waals surface area contributed by atoms with Gasteiger partial charge in [0, 0.05) is 18.4 Å². The number of hydrogen-bond acceptors (Lipinski definition) is 1. The number of hydrogen-bond donors (Lipinski definition) is 2. The van der Waals surface area contributed by atoms with E-state index in [-0.39, 0.29) is 11.7 Å². The molecule has 6 heteroatoms. The summed E-state index contributed by atoms with van der Waals surface area (Å²) in [6.07, 6.45) is 2.22. The minimum Gasteiger partial charge on any atom is -0.321 e. The maximum Gasteiger partial charge on any atom is 0.279 e. The van der Waals surface area contributed by atoms with Crippen molar-refractivity contribution < 1.29 is 14.1 Å². The second kappa shape index (κ2) is 7.51. The van der Waals surface area contributed by atoms with E-state index in [4.69, 9.17) is 23.2 Å². The van der Waals surface area contributed by atoms with Crippen LogP contribution in [0.25, 0.3) is 0 Å². The summed E-state index contributed by atoms with van der Waals surface area (Å²) in [5, 5.41) is 3.64. The van der Waals surface area contributed by atoms with Crippen molar-refractivity contribution in [3.63, 3.8) is 0 Å². The van der Waals surface area contributed by atoms with E-state index in [1.54, 1.807) is 30.3 Å². The van der Waals surface area contributed by atoms with E-state index < -0.39 is 0 Å². The van der Waals surface area contributed by atoms with Crippen molar-refractivity contribution >= 4 is 34.8 Å². The summed E-state index contributed by atoms with van der Waals surface area (Å²) in [7, 11) is 0. The molecule has 1 atom stereocenters. The number of amides is 1. The van der Waals surface area contributed by atoms with Gasteiger partial charge in [0.2, 0.25) is 0 Å². The van der Waals surface area contributed by atoms with E-state index in [0.717, 1.165) is 18.4 Å². The van der Waals surface area contributed by atoms with E-state index in [2.05, 4.69) is 5.32 Å². The molecule has 0 bridgehead atoms. The van der Waals surface area contributed by atoms with E-state index in [9.17, 15) is 9.18 Å². The molecule has 1 saturated carbocycles. The lowest BCUT2D eigenvalue weighted by Crippen LogP contribution is -3.13. The van der Waals surface area contributed by atoms with E-state index in [0.29, 0.717) is 34.9 Å². The molecule has 0 radical (unpaired) electrons. The van der Waals surface area contributed by atoms with E-state index in [1.807, 2.05) is 0 Å². The fraction of sp³-hybridized carbons (Fsp3) is 0.278. The van der Waals surface area contributed by atoms with Crippen molar-refractivity contribution in [2.75, 3.05) is 11.9 Å². The molecule has 2 aromatic carbocycles. The molecule has 1 aliphatic carbocycles. The van der Waals surface area contributed by atoms with Gasteiger partial charge in [-0.2, -0.15) is 0 Å². The monoisotopic (exact) mass is 367 g/mol. The molecule has 2 aromatic rings. The Balaban J connectivity index is 1.65. The molecule has 126 valence electrons. The molecule has 2 N–H and O–H groups in total. The van der Waals surface area contributed by atoms with E-state index in [1.165, 1.54) is 17.0 Å². The van der Waals surface area contributed by atoms with Gasteiger partial charge in [-0.3, -0.25) is 4.79 Å². The SMILES string of the molecule is O=C(C[NH+](Cc1ccc(F)cc1)C1CC1)Nc1c(Cl)cccc1Cl. The average molecular weight is 368 g/mol. The number of carbonyl (C=O) groups is 1. The maximum atomic E-state index is 13.0. The molecule has 1 amide bonds. The highest BCUT2D eigenvalue weighted by Gasteiger charge is 2.34. The van der Waals surface area contributed by atoms with Crippen LogP contribution >= 0.6 is 23.2 Å². The van der Waals surface area contributed by atoms with Crippen molar-refractivity contribution in [2.24, 2.45) is 0 Å². The lowest BCUT2D eigenvalue weighted by molar-refractivity contribution is -0.916. The molecule has 0 heterocycles. The molecule has 3 nitrogen and oxygen atoms in total. The van der Waals surface area contributed by atoms with Crippen molar-refractivity contribution in [2.45, 2.75) is 25.4 Å². The predicted molar refractivity (Wildman–Crippen MR) is 94.0 cm³/mol. The molecule has 1 aliphatic rings. The molecule has 1 fully saturated rings. The fourth-order valence-electron chi connectivity index (χ4n) is 2.71. The van der Waals surface area contributed by atoms with Crippen LogP contribution in [0.1, 0.15) is 18.4 Å². The molecule has 24 heavy (non-hydrogen) atoms. The van der Waals surface area contributed by atoms with Gasteiger partial charge < -0.3 is 10.2 Å². The van der Waals surface area contributed by atoms with Gasteiger partial charge in [-0.1, -0.05) is 41.4 Å². The number of carbonyl (C=O) groups excluding carboxylic acids is 1. The Morgan fingerprint density at radius 3 is 2.33 bits per heavy atom. The molecule has 0 aliphatic heterocycles. The zero-order chi connectivity index (χ0) is 17.1. The van der Waals surface area contributed by atoms with Crippen molar-refractivity contribution in [3.05, 3.63) is 63.9 Å². The van der Waals surface area contributed by atoms with Crippen LogP contribution in [0.15, 0.2) is 42.5 Å². The minimum atomic E-state index is -0.252. The lowest BCUT2D eigenvalue weighted by atomic mass is 10.2. The Bertz CT molecular complexity index is 712. The number of para-hydroxylation sites is 1. The quantitative estimate of drug-likeness (QED) is 0.806. The Morgan fingerprint density at radius 2 is 1.75 bits per heavy atom. The van der Waals surface area contributed by atoms with Crippen LogP contribution in [0, 0.1) is 5.82 Å². The topological polar surface area (TPSA) is 33.5 Å². The Kier molecular flexibility index (Phi) is 5.39. The van der Waals surface area contributed by atoms with Crippen LogP contribution in [0.3, 0.4) is 0 Å². The molecular weight excluding hydrogens is 350 g/mol. The standard InChI is InChI=1S/C18H17Cl2FN2O/c19-15-2-1-3-16(20)18(15)22-17(24)11-23(14-8-9-14)10-12-4-6-13(21)7-5-12/h1-7,14H,8-11H2,(H,22,24)/p+1. The van der Waals surface area contributed by atoms with Gasteiger partial charge in [0.15, 0.2) is 6.54 Å². The minimum absolute atomic E-state index is 0.131. The van der Waals surface area contributed by atoms with Gasteiger partial charge in [0.25, 0.3) is 5.91 Å². The summed E-state index contributed by atoms with van der Waals surface area (Å²) in [5.41, 5.74) is 1.46. The third kappa shape index (κ3) is 4.47. The van der Waals surface area contributed by atoms with E-state index >= 15 is 0 Å². The number of benzene rings is 2. The normalized spacial score (nSPS) is 15.1. The second-order valence-electron chi connectivity index (χ2n) is 6.06. The average Bonchev–Trinajstić information content (AvgIpc) is 3.37. The van der Waals surface area contributed by atoms with Crippen molar-refractivity contribution in [1.29, 1.82) is 0 Å². The fourth-order valence-corrected chi connectivity index (χ4v) is 3.21. The third-order valence-electron chi connectivity index (χ3n) is 4.11. The smallest absolute Gasteiger partial charge is 0.279 e. The molecule has 0 aromatic heterocycles. The predicted octanol–water partition coefficient (Wildman–Crippen LogP) is 3.32. The highest BCUT2D eigenvalue weighted by Crippen LogP contribution is 2.29. The summed E-state index contributed by atoms with van der Waals surface area (Å²) in [4.78, 5) is 13.6. The van der Waals surface area contributed by atoms with Crippen LogP contribution in [0.2, 0.25) is 10.0 Å². The molecular formula is C18H18Cl2FN2O+. The largest absolute Gasteiger partial charge is 0.321 e. The zero-order valence-electron chi connectivity index (χ0n) is 13.0. The van der Waals surface area contributed by atoms with Gasteiger partial charge in [0.05, 0.1) is 21.8 Å². The van der Waals surface area contributed by atoms with Crippen LogP contribution < -0.4 is 10.2 Å². The van der Waals surface area contributed by atoms with Gasteiger partial charge in [-0.15, -0.1) is 0 Å². The number of rotatable bonds is 6. The highest BCUT2D eigenvalue weighted by molar-refractivity contribution is 6.39. The molecule has 0 saturated heterocycles. The third-order valence-corrected chi connectivity index (χ3v) is 4.74. The maximum absolute atomic E-state index is 13.0. The molecule has 3 rings (SSSR count). The first-order chi connectivity index (χ1) is 11.5. The van der Waals surface area contributed by atoms with Crippen molar-refractivity contribution in [3.8, 4) is 0 Å². The second-order valence-corrected chi connectivity index (χ2v) is 6.87. The van der Waals surface area contributed by atoms with Gasteiger partial charge in [-0.05, 0) is 24.3 Å². The summed E-state index contributed by atoms with van der Waals surface area (Å²) >= 11 is 12.2. The Labute approximate surface area is 150 Å². The first-order valence-corrected chi connectivity index (χ1v) is 8.61. The summed E-state index contributed by atoms with van der Waals surface area (Å²) in [6.45, 7) is 1.01. The number of halogens is 3. The molecule has 0 spiro atoms. The summed E-state index contributed by atoms with van der Waals surface area (Å²) in [5.74, 6) is -0.383. The zero-order valence-corrected chi connectivity index (χ0v) is 14.5. The lowest BCUT2D eigenvalue weighted by Gasteiger charge is -2.19. The van der Waals surface area contributed by atoms with Crippen LogP contribution in [0.5, 0.6) is 0 Å². The van der Waals surface area contributed by atoms with Gasteiger partial charge >= 0.3 is 0 Å². The Morgan fingerprint density at radius 1 is 1.12 bits per heavy atom.